The molecule has 1 fully saturated rings. The minimum atomic E-state index is -1.01. The average molecular weight is 232 g/mol. The predicted octanol–water partition coefficient (Wildman–Crippen LogP) is 2.39. The van der Waals surface area contributed by atoms with E-state index in [1.165, 1.54) is 57.4 Å². The molecule has 1 saturated heterocycles. The molecule has 0 aromatic heterocycles. The van der Waals surface area contributed by atoms with E-state index in [0.29, 0.717) is 0 Å². The van der Waals surface area contributed by atoms with Crippen LogP contribution >= 0.6 is 0 Å². The summed E-state index contributed by atoms with van der Waals surface area (Å²) in [4.78, 5) is 0. The molecule has 0 unspecified atom stereocenters. The molecule has 14 heavy (non-hydrogen) atoms. The molecule has 0 amide bonds. The van der Waals surface area contributed by atoms with Crippen molar-refractivity contribution >= 4 is 19.3 Å². The number of unbranched alkanes of at least 4 members (excludes halogenated alkanes) is 7. The first-order chi connectivity index (χ1) is 6.93. The molecule has 1 aliphatic rings. The lowest BCUT2D eigenvalue weighted by Gasteiger charge is -2.25. The van der Waals surface area contributed by atoms with Crippen LogP contribution in [0, 0.1) is 0 Å². The summed E-state index contributed by atoms with van der Waals surface area (Å²) >= 11 is 0. The second-order valence-electron chi connectivity index (χ2n) is 4.14. The second-order valence-corrected chi connectivity index (χ2v) is 8.48. The molecule has 0 atom stereocenters. The van der Waals surface area contributed by atoms with Crippen LogP contribution in [0.15, 0.2) is 0 Å². The van der Waals surface area contributed by atoms with Gasteiger partial charge in [-0.3, -0.25) is 0 Å². The molecule has 84 valence electrons. The van der Waals surface area contributed by atoms with Gasteiger partial charge in [0, 0.05) is 0 Å². The van der Waals surface area contributed by atoms with Crippen LogP contribution in [0.4, 0.5) is 0 Å². The first-order valence-corrected chi connectivity index (χ1v) is 9.08. The van der Waals surface area contributed by atoms with Gasteiger partial charge in [0.25, 0.3) is 10.0 Å². The van der Waals surface area contributed by atoms with Gasteiger partial charge in [0.05, 0.1) is 0 Å². The summed E-state index contributed by atoms with van der Waals surface area (Å²) in [5.74, 6) is 0. The molecule has 2 nitrogen and oxygen atoms in total. The quantitative estimate of drug-likeness (QED) is 0.449. The fourth-order valence-corrected chi connectivity index (χ4v) is 5.05. The molecule has 0 radical (unpaired) electrons. The van der Waals surface area contributed by atoms with Crippen molar-refractivity contribution in [3.63, 3.8) is 0 Å². The van der Waals surface area contributed by atoms with Gasteiger partial charge in [0.2, 0.25) is 0 Å². The minimum Gasteiger partial charge on any atom is -0.422 e. The lowest BCUT2D eigenvalue weighted by atomic mass is 10.1. The zero-order valence-corrected chi connectivity index (χ0v) is 12.0. The van der Waals surface area contributed by atoms with Gasteiger partial charge in [-0.05, 0) is 6.04 Å². The smallest absolute Gasteiger partial charge is 0.303 e. The zero-order chi connectivity index (χ0) is 10.1. The van der Waals surface area contributed by atoms with Crippen LogP contribution in [0.1, 0.15) is 58.3 Å². The van der Waals surface area contributed by atoms with E-state index in [9.17, 15) is 0 Å². The van der Waals surface area contributed by atoms with Gasteiger partial charge in [-0.1, -0.05) is 58.3 Å². The molecular formula is C10H24O2Si2. The maximum absolute atomic E-state index is 5.45. The number of hydrogen-bond donors (Lipinski definition) is 0. The third-order valence-corrected chi connectivity index (χ3v) is 7.74. The fraction of sp³-hybridized carbons (Fsp3) is 1.00. The normalized spacial score (nSPS) is 22.5. The van der Waals surface area contributed by atoms with Gasteiger partial charge in [0.1, 0.15) is 0 Å². The van der Waals surface area contributed by atoms with Crippen molar-refractivity contribution in [2.45, 2.75) is 64.3 Å². The van der Waals surface area contributed by atoms with Crippen molar-refractivity contribution in [1.82, 2.24) is 0 Å². The Morgan fingerprint density at radius 1 is 0.857 bits per heavy atom. The monoisotopic (exact) mass is 232 g/mol. The highest BCUT2D eigenvalue weighted by molar-refractivity contribution is 6.64. The summed E-state index contributed by atoms with van der Waals surface area (Å²) in [6, 6.07) is 1.27. The maximum atomic E-state index is 5.45. The highest BCUT2D eigenvalue weighted by atomic mass is 28.4. The highest BCUT2D eigenvalue weighted by Gasteiger charge is 2.20. The minimum absolute atomic E-state index is 0.434. The van der Waals surface area contributed by atoms with E-state index in [-0.39, 0.29) is 0 Å². The molecule has 1 aliphatic heterocycles. The summed E-state index contributed by atoms with van der Waals surface area (Å²) in [6.07, 6.45) is 11.2. The van der Waals surface area contributed by atoms with E-state index >= 15 is 0 Å². The van der Waals surface area contributed by atoms with E-state index in [1.807, 2.05) is 0 Å². The summed E-state index contributed by atoms with van der Waals surface area (Å²) < 4.78 is 10.9. The van der Waals surface area contributed by atoms with Crippen molar-refractivity contribution in [1.29, 1.82) is 0 Å². The molecule has 0 bridgehead atoms. The summed E-state index contributed by atoms with van der Waals surface area (Å²) in [7, 11) is -1.44. The topological polar surface area (TPSA) is 18.5 Å². The zero-order valence-electron chi connectivity index (χ0n) is 9.46. The molecule has 0 aromatic carbocycles. The average Bonchev–Trinajstić information content (AvgIpc) is 2.13. The van der Waals surface area contributed by atoms with Crippen molar-refractivity contribution in [2.75, 3.05) is 0 Å². The van der Waals surface area contributed by atoms with Gasteiger partial charge in [-0.2, -0.15) is 0 Å². The van der Waals surface area contributed by atoms with Crippen LogP contribution in [0.2, 0.25) is 6.04 Å². The molecule has 1 rings (SSSR count). The van der Waals surface area contributed by atoms with Crippen LogP contribution in [0.5, 0.6) is 0 Å². The molecule has 0 spiro atoms. The largest absolute Gasteiger partial charge is 0.422 e. The molecule has 0 aromatic rings. The summed E-state index contributed by atoms with van der Waals surface area (Å²) in [5.41, 5.74) is 0. The lowest BCUT2D eigenvalue weighted by molar-refractivity contribution is 0.309. The van der Waals surface area contributed by atoms with Gasteiger partial charge in [-0.25, -0.2) is 0 Å². The van der Waals surface area contributed by atoms with E-state index in [0.717, 1.165) is 0 Å². The Hall–Kier alpha value is 0.354. The maximum Gasteiger partial charge on any atom is 0.303 e. The summed E-state index contributed by atoms with van der Waals surface area (Å²) in [6.45, 7) is 2.27. The molecule has 0 N–H and O–H groups in total. The Kier molecular flexibility index (Phi) is 7.67. The molecule has 4 heteroatoms. The van der Waals surface area contributed by atoms with E-state index < -0.39 is 19.3 Å². The Morgan fingerprint density at radius 2 is 1.43 bits per heavy atom. The van der Waals surface area contributed by atoms with Crippen molar-refractivity contribution < 1.29 is 8.23 Å². The molecule has 0 aliphatic carbocycles. The predicted molar refractivity (Wildman–Crippen MR) is 65.3 cm³/mol. The van der Waals surface area contributed by atoms with Gasteiger partial charge < -0.3 is 8.23 Å². The van der Waals surface area contributed by atoms with Gasteiger partial charge in [-0.15, -0.1) is 0 Å². The van der Waals surface area contributed by atoms with Crippen molar-refractivity contribution in [3.05, 3.63) is 0 Å². The Bertz CT molecular complexity index is 129. The van der Waals surface area contributed by atoms with Gasteiger partial charge >= 0.3 is 9.28 Å². The Morgan fingerprint density at radius 3 is 1.93 bits per heavy atom. The third-order valence-electron chi connectivity index (χ3n) is 2.80. The SMILES string of the molecule is CCCCCCCCCC[SiH]1O[SiH2]O1. The van der Waals surface area contributed by atoms with E-state index in [4.69, 9.17) is 8.23 Å². The van der Waals surface area contributed by atoms with E-state index in [1.54, 1.807) is 0 Å². The lowest BCUT2D eigenvalue weighted by Crippen LogP contribution is -2.38. The van der Waals surface area contributed by atoms with Crippen LogP contribution in [-0.4, -0.2) is 19.3 Å². The van der Waals surface area contributed by atoms with Crippen LogP contribution in [0.25, 0.3) is 0 Å². The standard InChI is InChI=1S/C10H24O2Si2/c1-2-3-4-5-6-7-8-9-10-14-11-13-12-14/h14H,2-10,13H2,1H3. The molecular weight excluding hydrogens is 208 g/mol. The molecule has 1 heterocycles. The number of rotatable bonds is 9. The van der Waals surface area contributed by atoms with Crippen LogP contribution in [0.3, 0.4) is 0 Å². The van der Waals surface area contributed by atoms with E-state index in [2.05, 4.69) is 6.92 Å². The van der Waals surface area contributed by atoms with Gasteiger partial charge in [0.15, 0.2) is 0 Å². The van der Waals surface area contributed by atoms with Crippen LogP contribution in [-0.2, 0) is 8.23 Å². The number of hydrogen-bond acceptors (Lipinski definition) is 2. The fourth-order valence-electron chi connectivity index (χ4n) is 1.78. The summed E-state index contributed by atoms with van der Waals surface area (Å²) in [5, 5.41) is 0. The third kappa shape index (κ3) is 5.95. The Balaban J connectivity index is 1.67. The van der Waals surface area contributed by atoms with Crippen LogP contribution < -0.4 is 0 Å². The van der Waals surface area contributed by atoms with Crippen molar-refractivity contribution in [2.24, 2.45) is 0 Å². The Labute approximate surface area is 92.3 Å². The second kappa shape index (κ2) is 8.65. The first-order valence-electron chi connectivity index (χ1n) is 6.16. The highest BCUT2D eigenvalue weighted by Crippen LogP contribution is 2.13. The first kappa shape index (κ1) is 12.4. The van der Waals surface area contributed by atoms with Crippen molar-refractivity contribution in [3.8, 4) is 0 Å². The molecule has 0 saturated carbocycles.